The van der Waals surface area contributed by atoms with Crippen molar-refractivity contribution in [1.82, 2.24) is 4.31 Å². The highest BCUT2D eigenvalue weighted by molar-refractivity contribution is 7.89. The summed E-state index contributed by atoms with van der Waals surface area (Å²) in [5.41, 5.74) is 1.87. The van der Waals surface area contributed by atoms with Crippen LogP contribution in [0.2, 0.25) is 0 Å². The van der Waals surface area contributed by atoms with Crippen molar-refractivity contribution in [1.29, 1.82) is 0 Å². The molecule has 26 heavy (non-hydrogen) atoms. The average Bonchev–Trinajstić information content (AvgIpc) is 2.68. The van der Waals surface area contributed by atoms with Gasteiger partial charge < -0.3 is 14.4 Å². The fourth-order valence-electron chi connectivity index (χ4n) is 2.95. The van der Waals surface area contributed by atoms with Gasteiger partial charge in [-0.15, -0.1) is 0 Å². The Morgan fingerprint density at radius 2 is 1.88 bits per heavy atom. The zero-order valence-electron chi connectivity index (χ0n) is 15.3. The largest absolute Gasteiger partial charge is 0.497 e. The summed E-state index contributed by atoms with van der Waals surface area (Å²) >= 11 is 0. The van der Waals surface area contributed by atoms with Gasteiger partial charge in [0.1, 0.15) is 5.75 Å². The van der Waals surface area contributed by atoms with Crippen molar-refractivity contribution in [2.75, 3.05) is 45.8 Å². The molecule has 7 heteroatoms. The molecule has 1 aliphatic rings. The van der Waals surface area contributed by atoms with E-state index in [9.17, 15) is 8.42 Å². The van der Waals surface area contributed by atoms with Gasteiger partial charge >= 0.3 is 0 Å². The molecule has 0 aromatic heterocycles. The zero-order chi connectivity index (χ0) is 18.7. The quantitative estimate of drug-likeness (QED) is 0.803. The van der Waals surface area contributed by atoms with Crippen molar-refractivity contribution in [3.63, 3.8) is 0 Å². The first-order chi connectivity index (χ1) is 12.4. The van der Waals surface area contributed by atoms with Crippen LogP contribution in [-0.4, -0.2) is 53.6 Å². The molecule has 3 rings (SSSR count). The van der Waals surface area contributed by atoms with Crippen LogP contribution in [0, 0.1) is 0 Å². The number of hydrogen-bond acceptors (Lipinski definition) is 5. The fraction of sp³-hybridized carbons (Fsp3) is 0.368. The third kappa shape index (κ3) is 3.85. The van der Waals surface area contributed by atoms with E-state index in [0.29, 0.717) is 18.0 Å². The molecule has 0 N–H and O–H groups in total. The molecule has 1 heterocycles. The van der Waals surface area contributed by atoms with Crippen molar-refractivity contribution in [2.45, 2.75) is 11.0 Å². The predicted octanol–water partition coefficient (Wildman–Crippen LogP) is 2.52. The topological polar surface area (TPSA) is 59.1 Å². The maximum Gasteiger partial charge on any atom is 0.243 e. The standard InChI is InChI=1S/C19H24N2O4S/c1-20(2)16-7-9-18(10-8-16)26(22,23)21-11-12-25-19(14-21)15-5-4-6-17(13-15)24-3/h4-10,13,19H,11-12,14H2,1-3H3/t19-/m1/s1. The van der Waals surface area contributed by atoms with E-state index in [-0.39, 0.29) is 12.6 Å². The monoisotopic (exact) mass is 376 g/mol. The van der Waals surface area contributed by atoms with Crippen LogP contribution >= 0.6 is 0 Å². The number of ether oxygens (including phenoxy) is 2. The van der Waals surface area contributed by atoms with Crippen LogP contribution < -0.4 is 9.64 Å². The van der Waals surface area contributed by atoms with Crippen LogP contribution in [0.4, 0.5) is 5.69 Å². The van der Waals surface area contributed by atoms with Crippen LogP contribution in [0.25, 0.3) is 0 Å². The van der Waals surface area contributed by atoms with Crippen molar-refractivity contribution >= 4 is 15.7 Å². The Kier molecular flexibility index (Phi) is 5.50. The number of morpholine rings is 1. The molecule has 0 aliphatic carbocycles. The van der Waals surface area contributed by atoms with Crippen LogP contribution in [0.15, 0.2) is 53.4 Å². The molecule has 1 fully saturated rings. The van der Waals surface area contributed by atoms with E-state index in [0.717, 1.165) is 17.0 Å². The SMILES string of the molecule is COc1cccc([C@H]2CN(S(=O)(=O)c3ccc(N(C)C)cc3)CCO2)c1. The van der Waals surface area contributed by atoms with Gasteiger partial charge in [0.05, 0.1) is 24.7 Å². The summed E-state index contributed by atoms with van der Waals surface area (Å²) < 4.78 is 38.5. The molecular weight excluding hydrogens is 352 g/mol. The zero-order valence-corrected chi connectivity index (χ0v) is 16.1. The highest BCUT2D eigenvalue weighted by Crippen LogP contribution is 2.29. The van der Waals surface area contributed by atoms with Crippen molar-refractivity contribution in [3.05, 3.63) is 54.1 Å². The molecule has 1 atom stereocenters. The summed E-state index contributed by atoms with van der Waals surface area (Å²) in [7, 11) is 1.89. The lowest BCUT2D eigenvalue weighted by Gasteiger charge is -2.32. The van der Waals surface area contributed by atoms with E-state index in [1.54, 1.807) is 19.2 Å². The van der Waals surface area contributed by atoms with E-state index < -0.39 is 10.0 Å². The van der Waals surface area contributed by atoms with Gasteiger partial charge in [0.15, 0.2) is 0 Å². The molecule has 0 radical (unpaired) electrons. The first kappa shape index (κ1) is 18.7. The molecule has 2 aromatic carbocycles. The maximum absolute atomic E-state index is 13.0. The molecule has 0 unspecified atom stereocenters. The molecule has 0 bridgehead atoms. The molecule has 0 amide bonds. The van der Waals surface area contributed by atoms with E-state index in [1.165, 1.54) is 4.31 Å². The lowest BCUT2D eigenvalue weighted by Crippen LogP contribution is -2.42. The van der Waals surface area contributed by atoms with E-state index >= 15 is 0 Å². The third-order valence-corrected chi connectivity index (χ3v) is 6.37. The first-order valence-corrected chi connectivity index (χ1v) is 9.89. The number of hydrogen-bond donors (Lipinski definition) is 0. The van der Waals surface area contributed by atoms with Gasteiger partial charge in [0.25, 0.3) is 0 Å². The minimum atomic E-state index is -3.56. The van der Waals surface area contributed by atoms with Gasteiger partial charge in [-0.1, -0.05) is 12.1 Å². The van der Waals surface area contributed by atoms with Crippen LogP contribution in [0.3, 0.4) is 0 Å². The summed E-state index contributed by atoms with van der Waals surface area (Å²) in [4.78, 5) is 2.23. The number of methoxy groups -OCH3 is 1. The molecule has 1 aliphatic heterocycles. The molecule has 0 spiro atoms. The second-order valence-corrected chi connectivity index (χ2v) is 8.33. The molecule has 140 valence electrons. The van der Waals surface area contributed by atoms with Crippen molar-refractivity contribution in [2.24, 2.45) is 0 Å². The number of sulfonamides is 1. The second kappa shape index (κ2) is 7.65. The Morgan fingerprint density at radius 1 is 1.15 bits per heavy atom. The molecule has 6 nitrogen and oxygen atoms in total. The third-order valence-electron chi connectivity index (χ3n) is 4.49. The summed E-state index contributed by atoms with van der Waals surface area (Å²) in [5, 5.41) is 0. The van der Waals surface area contributed by atoms with Crippen LogP contribution in [0.5, 0.6) is 5.75 Å². The van der Waals surface area contributed by atoms with Gasteiger partial charge in [-0.3, -0.25) is 0 Å². The first-order valence-electron chi connectivity index (χ1n) is 8.45. The minimum absolute atomic E-state index is 0.283. The fourth-order valence-corrected chi connectivity index (χ4v) is 4.38. The van der Waals surface area contributed by atoms with Gasteiger partial charge in [-0.25, -0.2) is 8.42 Å². The summed E-state index contributed by atoms with van der Waals surface area (Å²) in [6.45, 7) is 0.986. The molecule has 2 aromatic rings. The average molecular weight is 376 g/mol. The highest BCUT2D eigenvalue weighted by Gasteiger charge is 2.31. The smallest absolute Gasteiger partial charge is 0.243 e. The summed E-state index contributed by atoms with van der Waals surface area (Å²) in [6.07, 6.45) is -0.310. The lowest BCUT2D eigenvalue weighted by molar-refractivity contribution is -0.00264. The molecule has 1 saturated heterocycles. The van der Waals surface area contributed by atoms with Crippen LogP contribution in [0.1, 0.15) is 11.7 Å². The van der Waals surface area contributed by atoms with E-state index in [2.05, 4.69) is 0 Å². The number of nitrogens with zero attached hydrogens (tertiary/aromatic N) is 2. The van der Waals surface area contributed by atoms with E-state index in [4.69, 9.17) is 9.47 Å². The van der Waals surface area contributed by atoms with Crippen molar-refractivity contribution < 1.29 is 17.9 Å². The van der Waals surface area contributed by atoms with Gasteiger partial charge in [-0.05, 0) is 42.0 Å². The number of anilines is 1. The van der Waals surface area contributed by atoms with Gasteiger partial charge in [0.2, 0.25) is 10.0 Å². The number of rotatable bonds is 5. The molecular formula is C19H24N2O4S. The summed E-state index contributed by atoms with van der Waals surface area (Å²) in [5.74, 6) is 0.727. The minimum Gasteiger partial charge on any atom is -0.497 e. The van der Waals surface area contributed by atoms with Crippen LogP contribution in [-0.2, 0) is 14.8 Å². The lowest BCUT2D eigenvalue weighted by atomic mass is 10.1. The Bertz CT molecular complexity index is 850. The van der Waals surface area contributed by atoms with Gasteiger partial charge in [0, 0.05) is 32.9 Å². The Labute approximate surface area is 155 Å². The van der Waals surface area contributed by atoms with Gasteiger partial charge in [-0.2, -0.15) is 4.31 Å². The molecule has 0 saturated carbocycles. The Balaban J connectivity index is 1.81. The maximum atomic E-state index is 13.0. The Morgan fingerprint density at radius 3 is 2.54 bits per heavy atom. The van der Waals surface area contributed by atoms with E-state index in [1.807, 2.05) is 55.4 Å². The summed E-state index contributed by atoms with van der Waals surface area (Å²) in [6, 6.07) is 14.5. The predicted molar refractivity (Wildman–Crippen MR) is 101 cm³/mol. The van der Waals surface area contributed by atoms with Crippen molar-refractivity contribution in [3.8, 4) is 5.75 Å². The Hall–Kier alpha value is -2.09. The number of benzene rings is 2. The normalized spacial score (nSPS) is 18.5. The second-order valence-electron chi connectivity index (χ2n) is 6.39. The highest BCUT2D eigenvalue weighted by atomic mass is 32.2.